The highest BCUT2D eigenvalue weighted by molar-refractivity contribution is 6.02. The third-order valence-corrected chi connectivity index (χ3v) is 6.03. The fourth-order valence-corrected chi connectivity index (χ4v) is 4.57. The van der Waals surface area contributed by atoms with Crippen LogP contribution in [-0.2, 0) is 4.79 Å². The Hall–Kier alpha value is -3.59. The van der Waals surface area contributed by atoms with Gasteiger partial charge in [-0.05, 0) is 41.6 Å². The number of ketones is 1. The van der Waals surface area contributed by atoms with E-state index >= 15 is 0 Å². The molecule has 1 aliphatic rings. The van der Waals surface area contributed by atoms with Crippen molar-refractivity contribution in [3.8, 4) is 0 Å². The number of rotatable bonds is 4. The van der Waals surface area contributed by atoms with E-state index < -0.39 is 0 Å². The third-order valence-electron chi connectivity index (χ3n) is 6.03. The highest BCUT2D eigenvalue weighted by Crippen LogP contribution is 2.44. The first-order chi connectivity index (χ1) is 14.6. The Balaban J connectivity index is 1.68. The van der Waals surface area contributed by atoms with E-state index in [9.17, 15) is 9.90 Å². The quantitative estimate of drug-likeness (QED) is 0.435. The summed E-state index contributed by atoms with van der Waals surface area (Å²) in [5, 5.41) is 12.3. The second kappa shape index (κ2) is 7.34. The number of aliphatic hydroxyl groups is 1. The highest BCUT2D eigenvalue weighted by Gasteiger charge is 2.39. The molecule has 0 saturated carbocycles. The Morgan fingerprint density at radius 2 is 1.63 bits per heavy atom. The molecule has 0 saturated heterocycles. The highest BCUT2D eigenvalue weighted by atomic mass is 16.3. The maximum atomic E-state index is 13.2. The minimum absolute atomic E-state index is 0.00467. The molecule has 0 fully saturated rings. The van der Waals surface area contributed by atoms with Crippen LogP contribution in [0.4, 0.5) is 0 Å². The average Bonchev–Trinajstić information content (AvgIpc) is 3.31. The lowest BCUT2D eigenvalue weighted by molar-refractivity contribution is -0.115. The molecule has 1 heterocycles. The van der Waals surface area contributed by atoms with E-state index in [1.165, 1.54) is 5.56 Å². The number of aryl methyl sites for hydroxylation is 1. The molecule has 0 bridgehead atoms. The number of allylic oxidation sites excluding steroid dienone is 2. The van der Waals surface area contributed by atoms with E-state index in [0.29, 0.717) is 12.0 Å². The van der Waals surface area contributed by atoms with Gasteiger partial charge in [-0.25, -0.2) is 0 Å². The minimum atomic E-state index is -0.333. The zero-order valence-corrected chi connectivity index (χ0v) is 16.8. The first kappa shape index (κ1) is 18.4. The van der Waals surface area contributed by atoms with Crippen molar-refractivity contribution in [2.75, 3.05) is 0 Å². The van der Waals surface area contributed by atoms with Gasteiger partial charge in [-0.3, -0.25) is 4.79 Å². The van der Waals surface area contributed by atoms with E-state index in [4.69, 9.17) is 0 Å². The molecule has 4 aromatic rings. The molecule has 0 aliphatic heterocycles. The lowest BCUT2D eigenvalue weighted by atomic mass is 9.86. The first-order valence-electron chi connectivity index (χ1n) is 10.3. The molecule has 3 aromatic carbocycles. The first-order valence-corrected chi connectivity index (χ1v) is 10.3. The molecular formula is C27H23NO2. The molecule has 148 valence electrons. The van der Waals surface area contributed by atoms with Crippen LogP contribution in [-0.4, -0.2) is 15.9 Å². The molecule has 3 nitrogen and oxygen atoms in total. The van der Waals surface area contributed by atoms with E-state index in [1.807, 2.05) is 60.7 Å². The maximum absolute atomic E-state index is 13.2. The van der Waals surface area contributed by atoms with E-state index in [0.717, 1.165) is 27.7 Å². The van der Waals surface area contributed by atoms with Crippen LogP contribution < -0.4 is 0 Å². The summed E-state index contributed by atoms with van der Waals surface area (Å²) in [6, 6.07) is 28.1. The van der Waals surface area contributed by atoms with Crippen molar-refractivity contribution in [2.24, 2.45) is 0 Å². The Morgan fingerprint density at radius 3 is 2.37 bits per heavy atom. The Bertz CT molecular complexity index is 1250. The number of hydrogen-bond donors (Lipinski definition) is 2. The van der Waals surface area contributed by atoms with Crippen molar-refractivity contribution in [3.05, 3.63) is 119 Å². The summed E-state index contributed by atoms with van der Waals surface area (Å²) < 4.78 is 0. The van der Waals surface area contributed by atoms with Gasteiger partial charge in [0.1, 0.15) is 5.76 Å². The predicted molar refractivity (Wildman–Crippen MR) is 120 cm³/mol. The van der Waals surface area contributed by atoms with E-state index in [-0.39, 0.29) is 23.4 Å². The zero-order valence-electron chi connectivity index (χ0n) is 16.8. The van der Waals surface area contributed by atoms with Crippen LogP contribution >= 0.6 is 0 Å². The molecule has 1 aliphatic carbocycles. The van der Waals surface area contributed by atoms with Crippen LogP contribution in [0.3, 0.4) is 0 Å². The second-order valence-corrected chi connectivity index (χ2v) is 8.05. The number of benzene rings is 3. The predicted octanol–water partition coefficient (Wildman–Crippen LogP) is 6.18. The second-order valence-electron chi connectivity index (χ2n) is 8.05. The lowest BCUT2D eigenvalue weighted by Gasteiger charge is -2.18. The fraction of sp³-hybridized carbons (Fsp3) is 0.148. The van der Waals surface area contributed by atoms with Gasteiger partial charge in [0.25, 0.3) is 0 Å². The van der Waals surface area contributed by atoms with Crippen LogP contribution in [0.15, 0.2) is 96.3 Å². The standard InChI is InChI=1S/C27H23NO2/c1-17-12-13-22-20(14-17)15-23(28-22)25(19-10-6-3-7-11-19)26-24(29)16-21(27(26)30)18-8-4-2-5-9-18/h2-15,21,25,28,30H,16H2,1H3. The van der Waals surface area contributed by atoms with E-state index in [2.05, 4.69) is 36.2 Å². The molecule has 30 heavy (non-hydrogen) atoms. The van der Waals surface area contributed by atoms with Crippen LogP contribution in [0.5, 0.6) is 0 Å². The minimum Gasteiger partial charge on any atom is -0.511 e. The number of H-pyrrole nitrogens is 1. The summed E-state index contributed by atoms with van der Waals surface area (Å²) in [6.07, 6.45) is 0.299. The van der Waals surface area contributed by atoms with Crippen molar-refractivity contribution in [3.63, 3.8) is 0 Å². The van der Waals surface area contributed by atoms with Crippen molar-refractivity contribution in [1.29, 1.82) is 0 Å². The van der Waals surface area contributed by atoms with Crippen molar-refractivity contribution in [2.45, 2.75) is 25.2 Å². The number of aliphatic hydroxyl groups excluding tert-OH is 1. The molecule has 3 heteroatoms. The maximum Gasteiger partial charge on any atom is 0.164 e. The lowest BCUT2D eigenvalue weighted by Crippen LogP contribution is -2.11. The van der Waals surface area contributed by atoms with Crippen molar-refractivity contribution in [1.82, 2.24) is 4.98 Å². The number of nitrogens with one attached hydrogen (secondary N) is 1. The average molecular weight is 393 g/mol. The number of Topliss-reactive ketones (excluding diaryl/α,β-unsaturated/α-hetero) is 1. The molecule has 2 atom stereocenters. The topological polar surface area (TPSA) is 53.1 Å². The van der Waals surface area contributed by atoms with Gasteiger partial charge in [0.15, 0.2) is 5.78 Å². The molecule has 0 spiro atoms. The molecule has 5 rings (SSSR count). The smallest absolute Gasteiger partial charge is 0.164 e. The van der Waals surface area contributed by atoms with Crippen LogP contribution in [0, 0.1) is 6.92 Å². The third kappa shape index (κ3) is 3.13. The Morgan fingerprint density at radius 1 is 0.933 bits per heavy atom. The van der Waals surface area contributed by atoms with Crippen LogP contribution in [0.1, 0.15) is 40.6 Å². The SMILES string of the molecule is Cc1ccc2[nH]c(C(C3=C(O)C(c4ccccc4)CC3=O)c3ccccc3)cc2c1. The van der Waals surface area contributed by atoms with Gasteiger partial charge in [-0.15, -0.1) is 0 Å². The number of carbonyl (C=O) groups excluding carboxylic acids is 1. The van der Waals surface area contributed by atoms with Gasteiger partial charge in [-0.2, -0.15) is 0 Å². The van der Waals surface area contributed by atoms with Gasteiger partial charge in [0.05, 0.1) is 5.92 Å². The summed E-state index contributed by atoms with van der Waals surface area (Å²) in [4.78, 5) is 16.7. The number of aromatic amines is 1. The van der Waals surface area contributed by atoms with Gasteiger partial charge < -0.3 is 10.1 Å². The molecular weight excluding hydrogens is 370 g/mol. The van der Waals surface area contributed by atoms with Crippen LogP contribution in [0.25, 0.3) is 10.9 Å². The Labute approximate surface area is 175 Å². The van der Waals surface area contributed by atoms with Crippen LogP contribution in [0.2, 0.25) is 0 Å². The summed E-state index contributed by atoms with van der Waals surface area (Å²) in [7, 11) is 0. The molecule has 2 unspecified atom stereocenters. The number of fused-ring (bicyclic) bond motifs is 1. The molecule has 2 N–H and O–H groups in total. The molecule has 1 aromatic heterocycles. The zero-order chi connectivity index (χ0) is 20.7. The van der Waals surface area contributed by atoms with Gasteiger partial charge >= 0.3 is 0 Å². The fourth-order valence-electron chi connectivity index (χ4n) is 4.57. The number of carbonyl (C=O) groups is 1. The van der Waals surface area contributed by atoms with Gasteiger partial charge in [0.2, 0.25) is 0 Å². The van der Waals surface area contributed by atoms with Gasteiger partial charge in [-0.1, -0.05) is 72.3 Å². The molecule has 0 amide bonds. The summed E-state index contributed by atoms with van der Waals surface area (Å²) in [6.45, 7) is 2.07. The van der Waals surface area contributed by atoms with Crippen molar-refractivity contribution < 1.29 is 9.90 Å². The number of hydrogen-bond acceptors (Lipinski definition) is 2. The summed E-state index contributed by atoms with van der Waals surface area (Å²) in [5.74, 6) is -0.424. The Kier molecular flexibility index (Phi) is 4.51. The molecule has 0 radical (unpaired) electrons. The van der Waals surface area contributed by atoms with Gasteiger partial charge in [0, 0.05) is 29.1 Å². The summed E-state index contributed by atoms with van der Waals surface area (Å²) in [5.41, 5.74) is 5.60. The largest absolute Gasteiger partial charge is 0.511 e. The van der Waals surface area contributed by atoms with E-state index in [1.54, 1.807) is 0 Å². The summed E-state index contributed by atoms with van der Waals surface area (Å²) >= 11 is 0. The monoisotopic (exact) mass is 393 g/mol. The number of aromatic nitrogens is 1. The van der Waals surface area contributed by atoms with Crippen molar-refractivity contribution >= 4 is 16.7 Å². The normalized spacial score (nSPS) is 17.6.